The molecule has 0 amide bonds. The second-order valence-electron chi connectivity index (χ2n) is 6.77. The molecule has 0 N–H and O–H groups in total. The van der Waals surface area contributed by atoms with Gasteiger partial charge in [-0.15, -0.1) is 0 Å². The van der Waals surface area contributed by atoms with Crippen LogP contribution in [0.4, 0.5) is 0 Å². The molecule has 0 saturated carbocycles. The molecule has 1 saturated heterocycles. The maximum atomic E-state index is 6.02. The van der Waals surface area contributed by atoms with E-state index in [2.05, 4.69) is 48.0 Å². The van der Waals surface area contributed by atoms with Gasteiger partial charge in [0.25, 0.3) is 0 Å². The summed E-state index contributed by atoms with van der Waals surface area (Å²) in [6.45, 7) is 9.15. The molecule has 3 heteroatoms. The fraction of sp³-hybridized carbons (Fsp3) is 0.700. The SMILES string of the molecule is CCCCCCOc1ccccc1CCCN1CCN(C)CC1. The van der Waals surface area contributed by atoms with Crippen molar-refractivity contribution in [1.82, 2.24) is 9.80 Å². The molecule has 130 valence electrons. The highest BCUT2D eigenvalue weighted by molar-refractivity contribution is 5.33. The van der Waals surface area contributed by atoms with Crippen LogP contribution in [-0.2, 0) is 6.42 Å². The molecule has 0 radical (unpaired) electrons. The van der Waals surface area contributed by atoms with E-state index in [-0.39, 0.29) is 0 Å². The molecule has 2 rings (SSSR count). The number of piperazine rings is 1. The number of aryl methyl sites for hydroxylation is 1. The van der Waals surface area contributed by atoms with Gasteiger partial charge in [0.1, 0.15) is 5.75 Å². The Kier molecular flexibility index (Phi) is 8.48. The zero-order valence-electron chi connectivity index (χ0n) is 15.1. The number of para-hydroxylation sites is 1. The topological polar surface area (TPSA) is 15.7 Å². The summed E-state index contributed by atoms with van der Waals surface area (Å²) in [5, 5.41) is 0. The summed E-state index contributed by atoms with van der Waals surface area (Å²) in [4.78, 5) is 5.01. The summed E-state index contributed by atoms with van der Waals surface area (Å²) >= 11 is 0. The first-order chi connectivity index (χ1) is 11.3. The number of rotatable bonds is 10. The molecule has 23 heavy (non-hydrogen) atoms. The van der Waals surface area contributed by atoms with Crippen molar-refractivity contribution < 1.29 is 4.74 Å². The average Bonchev–Trinajstić information content (AvgIpc) is 2.58. The lowest BCUT2D eigenvalue weighted by molar-refractivity contribution is 0.153. The summed E-state index contributed by atoms with van der Waals surface area (Å²) in [5.74, 6) is 1.10. The van der Waals surface area contributed by atoms with Gasteiger partial charge in [0.05, 0.1) is 6.61 Å². The minimum atomic E-state index is 0.857. The van der Waals surface area contributed by atoms with Gasteiger partial charge in [-0.3, -0.25) is 0 Å². The van der Waals surface area contributed by atoms with Gasteiger partial charge in [-0.25, -0.2) is 0 Å². The van der Waals surface area contributed by atoms with Crippen molar-refractivity contribution in [3.05, 3.63) is 29.8 Å². The fourth-order valence-electron chi connectivity index (χ4n) is 3.13. The Morgan fingerprint density at radius 3 is 2.52 bits per heavy atom. The maximum Gasteiger partial charge on any atom is 0.122 e. The van der Waals surface area contributed by atoms with Crippen molar-refractivity contribution in [3.63, 3.8) is 0 Å². The summed E-state index contributed by atoms with van der Waals surface area (Å²) in [6.07, 6.45) is 7.39. The second kappa shape index (κ2) is 10.7. The van der Waals surface area contributed by atoms with Crippen LogP contribution >= 0.6 is 0 Å². The van der Waals surface area contributed by atoms with E-state index in [4.69, 9.17) is 4.74 Å². The van der Waals surface area contributed by atoms with Crippen LogP contribution in [0.2, 0.25) is 0 Å². The van der Waals surface area contributed by atoms with E-state index in [1.807, 2.05) is 0 Å². The number of likely N-dealkylation sites (N-methyl/N-ethyl adjacent to an activating group) is 1. The normalized spacial score (nSPS) is 16.6. The van der Waals surface area contributed by atoms with Gasteiger partial charge in [0.15, 0.2) is 0 Å². The molecular weight excluding hydrogens is 284 g/mol. The highest BCUT2D eigenvalue weighted by Crippen LogP contribution is 2.20. The largest absolute Gasteiger partial charge is 0.493 e. The van der Waals surface area contributed by atoms with Crippen molar-refractivity contribution in [3.8, 4) is 5.75 Å². The Bertz CT molecular complexity index is 427. The minimum absolute atomic E-state index is 0.857. The molecule has 0 aromatic heterocycles. The highest BCUT2D eigenvalue weighted by atomic mass is 16.5. The number of ether oxygens (including phenoxy) is 1. The monoisotopic (exact) mass is 318 g/mol. The van der Waals surface area contributed by atoms with Crippen LogP contribution in [0.15, 0.2) is 24.3 Å². The van der Waals surface area contributed by atoms with Crippen molar-refractivity contribution in [2.45, 2.75) is 45.4 Å². The predicted molar refractivity (Wildman–Crippen MR) is 98.3 cm³/mol. The quantitative estimate of drug-likeness (QED) is 0.610. The molecule has 1 heterocycles. The lowest BCUT2D eigenvalue weighted by atomic mass is 10.1. The Morgan fingerprint density at radius 1 is 0.957 bits per heavy atom. The minimum Gasteiger partial charge on any atom is -0.493 e. The van der Waals surface area contributed by atoms with Crippen LogP contribution in [0.1, 0.15) is 44.6 Å². The van der Waals surface area contributed by atoms with Crippen LogP contribution in [0.3, 0.4) is 0 Å². The molecule has 1 aliphatic heterocycles. The molecular formula is C20H34N2O. The Balaban J connectivity index is 1.69. The summed E-state index contributed by atoms with van der Waals surface area (Å²) in [5.41, 5.74) is 1.37. The summed E-state index contributed by atoms with van der Waals surface area (Å²) in [6, 6.07) is 8.58. The van der Waals surface area contributed by atoms with Crippen molar-refractivity contribution in [2.24, 2.45) is 0 Å². The molecule has 0 bridgehead atoms. The van der Waals surface area contributed by atoms with Crippen LogP contribution in [0, 0.1) is 0 Å². The number of nitrogens with zero attached hydrogens (tertiary/aromatic N) is 2. The maximum absolute atomic E-state index is 6.02. The van der Waals surface area contributed by atoms with Crippen LogP contribution in [0.25, 0.3) is 0 Å². The molecule has 0 atom stereocenters. The van der Waals surface area contributed by atoms with Gasteiger partial charge < -0.3 is 14.5 Å². The zero-order valence-corrected chi connectivity index (χ0v) is 15.1. The van der Waals surface area contributed by atoms with Crippen LogP contribution in [0.5, 0.6) is 5.75 Å². The smallest absolute Gasteiger partial charge is 0.122 e. The fourth-order valence-corrected chi connectivity index (χ4v) is 3.13. The Morgan fingerprint density at radius 2 is 1.74 bits per heavy atom. The van der Waals surface area contributed by atoms with Crippen LogP contribution in [-0.4, -0.2) is 56.2 Å². The number of hydrogen-bond acceptors (Lipinski definition) is 3. The van der Waals surface area contributed by atoms with E-state index in [9.17, 15) is 0 Å². The third-order valence-corrected chi connectivity index (χ3v) is 4.74. The van der Waals surface area contributed by atoms with Crippen molar-refractivity contribution in [2.75, 3.05) is 46.4 Å². The van der Waals surface area contributed by atoms with Gasteiger partial charge in [-0.05, 0) is 44.5 Å². The standard InChI is InChI=1S/C20H34N2O/c1-3-4-5-8-18-23-20-12-7-6-10-19(20)11-9-13-22-16-14-21(2)15-17-22/h6-7,10,12H,3-5,8-9,11,13-18H2,1-2H3. The van der Waals surface area contributed by atoms with Gasteiger partial charge in [0.2, 0.25) is 0 Å². The third kappa shape index (κ3) is 6.92. The van der Waals surface area contributed by atoms with Gasteiger partial charge in [-0.2, -0.15) is 0 Å². The van der Waals surface area contributed by atoms with Crippen LogP contribution < -0.4 is 4.74 Å². The molecule has 0 aliphatic carbocycles. The van der Waals surface area contributed by atoms with Crippen molar-refractivity contribution in [1.29, 1.82) is 0 Å². The Hall–Kier alpha value is -1.06. The van der Waals surface area contributed by atoms with E-state index in [1.165, 1.54) is 70.4 Å². The molecule has 0 unspecified atom stereocenters. The number of hydrogen-bond donors (Lipinski definition) is 0. The zero-order chi connectivity index (χ0) is 16.3. The Labute approximate surface area is 142 Å². The van der Waals surface area contributed by atoms with Crippen molar-refractivity contribution >= 4 is 0 Å². The molecule has 0 spiro atoms. The molecule has 1 fully saturated rings. The van der Waals surface area contributed by atoms with Gasteiger partial charge >= 0.3 is 0 Å². The number of benzene rings is 1. The molecule has 3 nitrogen and oxygen atoms in total. The van der Waals surface area contributed by atoms with E-state index in [0.717, 1.165) is 18.8 Å². The third-order valence-electron chi connectivity index (χ3n) is 4.74. The first kappa shape index (κ1) is 18.3. The van der Waals surface area contributed by atoms with Gasteiger partial charge in [0, 0.05) is 26.2 Å². The number of unbranched alkanes of at least 4 members (excludes halogenated alkanes) is 3. The van der Waals surface area contributed by atoms with E-state index < -0.39 is 0 Å². The predicted octanol–water partition coefficient (Wildman–Crippen LogP) is 3.83. The lowest BCUT2D eigenvalue weighted by Crippen LogP contribution is -2.44. The second-order valence-corrected chi connectivity index (χ2v) is 6.77. The summed E-state index contributed by atoms with van der Waals surface area (Å²) < 4.78 is 6.02. The average molecular weight is 319 g/mol. The van der Waals surface area contributed by atoms with E-state index in [0.29, 0.717) is 0 Å². The van der Waals surface area contributed by atoms with E-state index >= 15 is 0 Å². The molecule has 1 aromatic carbocycles. The molecule has 1 aliphatic rings. The highest BCUT2D eigenvalue weighted by Gasteiger charge is 2.13. The molecule has 1 aromatic rings. The van der Waals surface area contributed by atoms with Gasteiger partial charge in [-0.1, -0.05) is 44.4 Å². The van der Waals surface area contributed by atoms with E-state index in [1.54, 1.807) is 0 Å². The first-order valence-electron chi connectivity index (χ1n) is 9.41. The summed E-state index contributed by atoms with van der Waals surface area (Å²) in [7, 11) is 2.21. The first-order valence-corrected chi connectivity index (χ1v) is 9.41. The lowest BCUT2D eigenvalue weighted by Gasteiger charge is -2.32.